The van der Waals surface area contributed by atoms with Crippen LogP contribution in [-0.2, 0) is 6.61 Å². The molecule has 94 valence electrons. The molecule has 2 N–H and O–H groups in total. The van der Waals surface area contributed by atoms with Crippen LogP contribution in [0, 0.1) is 0 Å². The van der Waals surface area contributed by atoms with Crippen LogP contribution >= 0.6 is 11.3 Å². The van der Waals surface area contributed by atoms with E-state index >= 15 is 0 Å². The van der Waals surface area contributed by atoms with Crippen molar-refractivity contribution in [3.8, 4) is 5.75 Å². The highest BCUT2D eigenvalue weighted by molar-refractivity contribution is 7.09. The highest BCUT2D eigenvalue weighted by Crippen LogP contribution is 2.37. The van der Waals surface area contributed by atoms with E-state index in [1.807, 2.05) is 24.3 Å². The number of benzene rings is 1. The lowest BCUT2D eigenvalue weighted by Gasteiger charge is -2.22. The van der Waals surface area contributed by atoms with Gasteiger partial charge in [-0.05, 0) is 25.0 Å². The van der Waals surface area contributed by atoms with Crippen LogP contribution in [0.2, 0.25) is 0 Å². The Morgan fingerprint density at radius 3 is 3.00 bits per heavy atom. The van der Waals surface area contributed by atoms with Gasteiger partial charge in [0.05, 0.1) is 10.7 Å². The molecule has 0 spiro atoms. The molecule has 0 aliphatic heterocycles. The van der Waals surface area contributed by atoms with Crippen LogP contribution in [0.3, 0.4) is 0 Å². The van der Waals surface area contributed by atoms with Crippen LogP contribution < -0.4 is 10.5 Å². The quantitative estimate of drug-likeness (QED) is 0.855. The van der Waals surface area contributed by atoms with Crippen molar-refractivity contribution in [2.75, 3.05) is 5.73 Å². The Kier molecular flexibility index (Phi) is 3.19. The van der Waals surface area contributed by atoms with Crippen molar-refractivity contribution in [3.63, 3.8) is 0 Å². The predicted molar refractivity (Wildman–Crippen MR) is 73.9 cm³/mol. The zero-order valence-electron chi connectivity index (χ0n) is 10.1. The molecule has 2 aromatic rings. The lowest BCUT2D eigenvalue weighted by Crippen LogP contribution is -2.08. The lowest BCUT2D eigenvalue weighted by molar-refractivity contribution is 0.301. The summed E-state index contributed by atoms with van der Waals surface area (Å²) < 4.78 is 5.68. The number of aromatic nitrogens is 1. The average molecular weight is 260 g/mol. The van der Waals surface area contributed by atoms with Gasteiger partial charge in [-0.25, -0.2) is 4.98 Å². The normalized spacial score (nSPS) is 15.3. The summed E-state index contributed by atoms with van der Waals surface area (Å²) in [4.78, 5) is 4.63. The minimum absolute atomic E-state index is 0.521. The number of nitrogen functional groups attached to an aromatic ring is 1. The minimum Gasteiger partial charge on any atom is -0.487 e. The average Bonchev–Trinajstić information content (AvgIpc) is 2.73. The molecule has 0 bridgehead atoms. The molecule has 1 saturated carbocycles. The molecular weight excluding hydrogens is 244 g/mol. The Hall–Kier alpha value is -1.55. The van der Waals surface area contributed by atoms with E-state index in [1.54, 1.807) is 11.3 Å². The van der Waals surface area contributed by atoms with Crippen LogP contribution in [0.1, 0.15) is 35.9 Å². The van der Waals surface area contributed by atoms with E-state index in [4.69, 9.17) is 10.5 Å². The molecule has 18 heavy (non-hydrogen) atoms. The van der Waals surface area contributed by atoms with Crippen LogP contribution in [0.15, 0.2) is 29.6 Å². The van der Waals surface area contributed by atoms with Gasteiger partial charge in [-0.3, -0.25) is 0 Å². The fourth-order valence-electron chi connectivity index (χ4n) is 1.99. The van der Waals surface area contributed by atoms with Crippen molar-refractivity contribution >= 4 is 17.0 Å². The van der Waals surface area contributed by atoms with Gasteiger partial charge in [0.1, 0.15) is 12.4 Å². The van der Waals surface area contributed by atoms with Gasteiger partial charge in [-0.15, -0.1) is 11.3 Å². The zero-order valence-corrected chi connectivity index (χ0v) is 11.0. The molecule has 3 nitrogen and oxygen atoms in total. The SMILES string of the molecule is Nc1cccc(OCc2csc(C3CCC3)n2)c1. The second-order valence-electron chi connectivity index (χ2n) is 4.67. The van der Waals surface area contributed by atoms with E-state index in [1.165, 1.54) is 24.3 Å². The Labute approximate surface area is 111 Å². The van der Waals surface area contributed by atoms with Crippen molar-refractivity contribution in [3.05, 3.63) is 40.3 Å². The zero-order chi connectivity index (χ0) is 12.4. The first kappa shape index (κ1) is 11.5. The largest absolute Gasteiger partial charge is 0.487 e. The Balaban J connectivity index is 1.61. The smallest absolute Gasteiger partial charge is 0.131 e. The van der Waals surface area contributed by atoms with E-state index in [0.717, 1.165) is 17.1 Å². The third-order valence-electron chi connectivity index (χ3n) is 3.27. The molecule has 1 heterocycles. The molecule has 3 rings (SSSR count). The number of nitrogens with two attached hydrogens (primary N) is 1. The number of hydrogen-bond acceptors (Lipinski definition) is 4. The molecule has 1 fully saturated rings. The number of hydrogen-bond donors (Lipinski definition) is 1. The fourth-order valence-corrected chi connectivity index (χ4v) is 2.97. The predicted octanol–water partition coefficient (Wildman–Crippen LogP) is 3.57. The molecule has 0 radical (unpaired) electrons. The first-order chi connectivity index (χ1) is 8.81. The Morgan fingerprint density at radius 2 is 2.28 bits per heavy atom. The summed E-state index contributed by atoms with van der Waals surface area (Å²) in [5.74, 6) is 1.50. The topological polar surface area (TPSA) is 48.1 Å². The van der Waals surface area contributed by atoms with Crippen molar-refractivity contribution in [2.24, 2.45) is 0 Å². The number of ether oxygens (including phenoxy) is 1. The molecular formula is C14H16N2OS. The maximum Gasteiger partial charge on any atom is 0.131 e. The molecule has 0 unspecified atom stereocenters. The van der Waals surface area contributed by atoms with Gasteiger partial charge >= 0.3 is 0 Å². The summed E-state index contributed by atoms with van der Waals surface area (Å²) in [5, 5.41) is 3.37. The van der Waals surface area contributed by atoms with Crippen molar-refractivity contribution in [1.82, 2.24) is 4.98 Å². The molecule has 4 heteroatoms. The van der Waals surface area contributed by atoms with Gasteiger partial charge in [-0.2, -0.15) is 0 Å². The molecule has 1 aliphatic carbocycles. The molecule has 0 atom stereocenters. The van der Waals surface area contributed by atoms with E-state index in [-0.39, 0.29) is 0 Å². The Bertz CT molecular complexity index is 534. The molecule has 1 aromatic heterocycles. The van der Waals surface area contributed by atoms with E-state index < -0.39 is 0 Å². The maximum absolute atomic E-state index is 5.70. The van der Waals surface area contributed by atoms with Gasteiger partial charge in [0.2, 0.25) is 0 Å². The second-order valence-corrected chi connectivity index (χ2v) is 5.56. The Morgan fingerprint density at radius 1 is 1.39 bits per heavy atom. The van der Waals surface area contributed by atoms with E-state index in [0.29, 0.717) is 12.5 Å². The van der Waals surface area contributed by atoms with Crippen molar-refractivity contribution < 1.29 is 4.74 Å². The summed E-state index contributed by atoms with van der Waals surface area (Å²) >= 11 is 1.76. The highest BCUT2D eigenvalue weighted by Gasteiger charge is 2.22. The first-order valence-corrected chi connectivity index (χ1v) is 7.12. The third kappa shape index (κ3) is 2.48. The summed E-state index contributed by atoms with van der Waals surface area (Å²) in [6, 6.07) is 7.49. The molecule has 0 amide bonds. The summed E-state index contributed by atoms with van der Waals surface area (Å²) in [6.07, 6.45) is 3.94. The first-order valence-electron chi connectivity index (χ1n) is 6.24. The lowest BCUT2D eigenvalue weighted by atomic mass is 9.86. The van der Waals surface area contributed by atoms with Crippen molar-refractivity contribution in [1.29, 1.82) is 0 Å². The molecule has 1 aliphatic rings. The van der Waals surface area contributed by atoms with Crippen LogP contribution in [-0.4, -0.2) is 4.98 Å². The highest BCUT2D eigenvalue weighted by atomic mass is 32.1. The summed E-state index contributed by atoms with van der Waals surface area (Å²) in [5.41, 5.74) is 7.44. The van der Waals surface area contributed by atoms with Crippen molar-refractivity contribution in [2.45, 2.75) is 31.8 Å². The van der Waals surface area contributed by atoms with Crippen LogP contribution in [0.5, 0.6) is 5.75 Å². The third-order valence-corrected chi connectivity index (χ3v) is 4.32. The minimum atomic E-state index is 0.521. The van der Waals surface area contributed by atoms with E-state index in [2.05, 4.69) is 10.4 Å². The van der Waals surface area contributed by atoms with Crippen LogP contribution in [0.25, 0.3) is 0 Å². The van der Waals surface area contributed by atoms with Gasteiger partial charge in [0.25, 0.3) is 0 Å². The number of thiazole rings is 1. The number of nitrogens with zero attached hydrogens (tertiary/aromatic N) is 1. The maximum atomic E-state index is 5.70. The standard InChI is InChI=1S/C14H16N2OS/c15-11-5-2-6-13(7-11)17-8-12-9-18-14(16-12)10-3-1-4-10/h2,5-7,9-10H,1,3-4,8,15H2. The van der Waals surface area contributed by atoms with Gasteiger partial charge in [0, 0.05) is 23.1 Å². The number of rotatable bonds is 4. The molecule has 0 saturated heterocycles. The monoisotopic (exact) mass is 260 g/mol. The van der Waals surface area contributed by atoms with Gasteiger partial charge in [0.15, 0.2) is 0 Å². The fraction of sp³-hybridized carbons (Fsp3) is 0.357. The van der Waals surface area contributed by atoms with E-state index in [9.17, 15) is 0 Å². The summed E-state index contributed by atoms with van der Waals surface area (Å²) in [6.45, 7) is 0.521. The number of anilines is 1. The summed E-state index contributed by atoms with van der Waals surface area (Å²) in [7, 11) is 0. The van der Waals surface area contributed by atoms with Gasteiger partial charge in [-0.1, -0.05) is 12.5 Å². The van der Waals surface area contributed by atoms with Crippen LogP contribution in [0.4, 0.5) is 5.69 Å². The van der Waals surface area contributed by atoms with Gasteiger partial charge < -0.3 is 10.5 Å². The second kappa shape index (κ2) is 4.98. The molecule has 1 aromatic carbocycles.